The Morgan fingerprint density at radius 2 is 2.36 bits per heavy atom. The van der Waals surface area contributed by atoms with Gasteiger partial charge in [-0.3, -0.25) is 4.79 Å². The molecule has 2 nitrogen and oxygen atoms in total. The summed E-state index contributed by atoms with van der Waals surface area (Å²) in [6, 6.07) is 0. The minimum Gasteiger partial charge on any atom is -0.342 e. The molecule has 0 unspecified atom stereocenters. The molecule has 1 aliphatic carbocycles. The van der Waals surface area contributed by atoms with Crippen LogP contribution in [-0.2, 0) is 4.79 Å². The maximum absolute atomic E-state index is 11.4. The van der Waals surface area contributed by atoms with E-state index in [0.29, 0.717) is 18.4 Å². The van der Waals surface area contributed by atoms with Crippen LogP contribution in [0, 0.1) is 11.8 Å². The first-order chi connectivity index (χ1) is 5.16. The highest BCUT2D eigenvalue weighted by Gasteiger charge is 2.40. The van der Waals surface area contributed by atoms with Gasteiger partial charge in [-0.2, -0.15) is 0 Å². The number of likely N-dealkylation sites (N-methyl/N-ethyl adjacent to an activating group) is 1. The van der Waals surface area contributed by atoms with Crippen LogP contribution in [0.1, 0.15) is 13.3 Å². The van der Waals surface area contributed by atoms with Crippen molar-refractivity contribution in [3.8, 4) is 0 Å². The third kappa shape index (κ3) is 1.82. The second-order valence-corrected chi connectivity index (χ2v) is 3.33. The zero-order valence-electron chi connectivity index (χ0n) is 7.21. The first-order valence-corrected chi connectivity index (χ1v) is 4.02. The van der Waals surface area contributed by atoms with E-state index in [-0.39, 0.29) is 5.91 Å². The van der Waals surface area contributed by atoms with E-state index in [9.17, 15) is 4.79 Å². The van der Waals surface area contributed by atoms with Gasteiger partial charge in [0, 0.05) is 19.5 Å². The smallest absolute Gasteiger partial charge is 0.225 e. The largest absolute Gasteiger partial charge is 0.342 e. The second kappa shape index (κ2) is 3.07. The number of hydrogen-bond donors (Lipinski definition) is 0. The average Bonchev–Trinajstić information content (AvgIpc) is 2.66. The number of rotatable bonds is 3. The maximum atomic E-state index is 11.4. The first kappa shape index (κ1) is 8.31. The predicted octanol–water partition coefficient (Wildman–Crippen LogP) is 1.29. The van der Waals surface area contributed by atoms with Crippen LogP contribution in [0.2, 0.25) is 0 Å². The van der Waals surface area contributed by atoms with Gasteiger partial charge in [-0.25, -0.2) is 0 Å². The van der Waals surface area contributed by atoms with E-state index in [4.69, 9.17) is 0 Å². The summed E-state index contributed by atoms with van der Waals surface area (Å²) in [7, 11) is 1.83. The van der Waals surface area contributed by atoms with Crippen LogP contribution in [0.15, 0.2) is 12.7 Å². The summed E-state index contributed by atoms with van der Waals surface area (Å²) < 4.78 is 0. The fourth-order valence-corrected chi connectivity index (χ4v) is 1.23. The van der Waals surface area contributed by atoms with E-state index in [0.717, 1.165) is 6.42 Å². The molecule has 0 aromatic rings. The summed E-state index contributed by atoms with van der Waals surface area (Å²) in [5, 5.41) is 0. The van der Waals surface area contributed by atoms with Gasteiger partial charge >= 0.3 is 0 Å². The van der Waals surface area contributed by atoms with Gasteiger partial charge in [0.25, 0.3) is 0 Å². The molecule has 62 valence electrons. The van der Waals surface area contributed by atoms with Gasteiger partial charge < -0.3 is 4.90 Å². The molecule has 0 radical (unpaired) electrons. The molecule has 11 heavy (non-hydrogen) atoms. The topological polar surface area (TPSA) is 20.3 Å². The lowest BCUT2D eigenvalue weighted by atomic mass is 10.3. The van der Waals surface area contributed by atoms with E-state index in [1.54, 1.807) is 11.0 Å². The Hall–Kier alpha value is -0.790. The van der Waals surface area contributed by atoms with E-state index >= 15 is 0 Å². The van der Waals surface area contributed by atoms with Crippen LogP contribution in [0.3, 0.4) is 0 Å². The molecule has 0 spiro atoms. The molecule has 0 aromatic heterocycles. The highest BCUT2D eigenvalue weighted by molar-refractivity contribution is 5.81. The molecular weight excluding hydrogens is 138 g/mol. The molecule has 0 N–H and O–H groups in total. The summed E-state index contributed by atoms with van der Waals surface area (Å²) in [5.41, 5.74) is 0. The molecule has 0 aromatic carbocycles. The Kier molecular flexibility index (Phi) is 2.32. The molecule has 2 atom stereocenters. The zero-order chi connectivity index (χ0) is 8.43. The van der Waals surface area contributed by atoms with Gasteiger partial charge in [-0.05, 0) is 12.3 Å². The Morgan fingerprint density at radius 1 is 1.82 bits per heavy atom. The predicted molar refractivity (Wildman–Crippen MR) is 45.1 cm³/mol. The lowest BCUT2D eigenvalue weighted by Gasteiger charge is -2.13. The highest BCUT2D eigenvalue weighted by atomic mass is 16.2. The summed E-state index contributed by atoms with van der Waals surface area (Å²) in [4.78, 5) is 13.1. The minimum absolute atomic E-state index is 0.275. The quantitative estimate of drug-likeness (QED) is 0.559. The molecule has 1 aliphatic rings. The Morgan fingerprint density at radius 3 is 2.73 bits per heavy atom. The highest BCUT2D eigenvalue weighted by Crippen LogP contribution is 2.38. The van der Waals surface area contributed by atoms with Crippen molar-refractivity contribution in [2.45, 2.75) is 13.3 Å². The van der Waals surface area contributed by atoms with Gasteiger partial charge in [0.1, 0.15) is 0 Å². The SMILES string of the molecule is C=CCN(C)C(=O)[C@H]1C[C@@H]1C. The van der Waals surface area contributed by atoms with Crippen LogP contribution in [-0.4, -0.2) is 24.4 Å². The lowest BCUT2D eigenvalue weighted by Crippen LogP contribution is -2.28. The fourth-order valence-electron chi connectivity index (χ4n) is 1.23. The van der Waals surface area contributed by atoms with Gasteiger partial charge in [0.2, 0.25) is 5.91 Å². The molecule has 1 rings (SSSR count). The van der Waals surface area contributed by atoms with Gasteiger partial charge in [0.15, 0.2) is 0 Å². The van der Waals surface area contributed by atoms with Crippen LogP contribution >= 0.6 is 0 Å². The Labute approximate surface area is 67.9 Å². The van der Waals surface area contributed by atoms with E-state index < -0.39 is 0 Å². The van der Waals surface area contributed by atoms with Crippen molar-refractivity contribution < 1.29 is 4.79 Å². The summed E-state index contributed by atoms with van der Waals surface area (Å²) in [5.74, 6) is 1.19. The summed E-state index contributed by atoms with van der Waals surface area (Å²) in [6.07, 6.45) is 2.82. The zero-order valence-corrected chi connectivity index (χ0v) is 7.21. The second-order valence-electron chi connectivity index (χ2n) is 3.33. The molecule has 0 saturated heterocycles. The molecule has 1 amide bonds. The van der Waals surface area contributed by atoms with Crippen LogP contribution in [0.25, 0.3) is 0 Å². The molecule has 0 aliphatic heterocycles. The van der Waals surface area contributed by atoms with E-state index in [1.807, 2.05) is 7.05 Å². The average molecular weight is 153 g/mol. The van der Waals surface area contributed by atoms with Crippen molar-refractivity contribution in [2.24, 2.45) is 11.8 Å². The number of amides is 1. The van der Waals surface area contributed by atoms with Crippen molar-refractivity contribution in [3.63, 3.8) is 0 Å². The van der Waals surface area contributed by atoms with Crippen molar-refractivity contribution in [3.05, 3.63) is 12.7 Å². The van der Waals surface area contributed by atoms with Gasteiger partial charge in [-0.15, -0.1) is 6.58 Å². The normalized spacial score (nSPS) is 27.8. The monoisotopic (exact) mass is 153 g/mol. The lowest BCUT2D eigenvalue weighted by molar-refractivity contribution is -0.131. The summed E-state index contributed by atoms with van der Waals surface area (Å²) in [6.45, 7) is 6.37. The Bertz CT molecular complexity index is 176. The number of carbonyl (C=O) groups excluding carboxylic acids is 1. The fraction of sp³-hybridized carbons (Fsp3) is 0.667. The number of hydrogen-bond acceptors (Lipinski definition) is 1. The van der Waals surface area contributed by atoms with Gasteiger partial charge in [-0.1, -0.05) is 13.0 Å². The van der Waals surface area contributed by atoms with Crippen LogP contribution in [0.5, 0.6) is 0 Å². The van der Waals surface area contributed by atoms with Crippen molar-refractivity contribution >= 4 is 5.91 Å². The maximum Gasteiger partial charge on any atom is 0.225 e. The van der Waals surface area contributed by atoms with Crippen LogP contribution in [0.4, 0.5) is 0 Å². The standard InChI is InChI=1S/C9H15NO/c1-4-5-10(3)9(11)8-6-7(8)2/h4,7-8H,1,5-6H2,2-3H3/t7-,8-/m0/s1. The third-order valence-corrected chi connectivity index (χ3v) is 2.21. The molecule has 2 heteroatoms. The Balaban J connectivity index is 2.35. The summed E-state index contributed by atoms with van der Waals surface area (Å²) >= 11 is 0. The molecular formula is C9H15NO. The molecule has 1 fully saturated rings. The van der Waals surface area contributed by atoms with E-state index in [1.165, 1.54) is 0 Å². The van der Waals surface area contributed by atoms with E-state index in [2.05, 4.69) is 13.5 Å². The molecule has 1 saturated carbocycles. The van der Waals surface area contributed by atoms with Crippen LogP contribution < -0.4 is 0 Å². The molecule has 0 heterocycles. The first-order valence-electron chi connectivity index (χ1n) is 4.02. The molecule has 0 bridgehead atoms. The minimum atomic E-state index is 0.275. The number of nitrogens with zero attached hydrogens (tertiary/aromatic N) is 1. The van der Waals surface area contributed by atoms with Crippen molar-refractivity contribution in [1.82, 2.24) is 4.90 Å². The van der Waals surface area contributed by atoms with Crippen molar-refractivity contribution in [1.29, 1.82) is 0 Å². The number of carbonyl (C=O) groups is 1. The van der Waals surface area contributed by atoms with Gasteiger partial charge in [0.05, 0.1) is 0 Å². The third-order valence-electron chi connectivity index (χ3n) is 2.21. The van der Waals surface area contributed by atoms with Crippen molar-refractivity contribution in [2.75, 3.05) is 13.6 Å².